The number of fused-ring (bicyclic) bond motifs is 1. The van der Waals surface area contributed by atoms with Crippen LogP contribution in [0.25, 0.3) is 5.70 Å². The lowest BCUT2D eigenvalue weighted by atomic mass is 9.94. The number of benzene rings is 2. The normalized spacial score (nSPS) is 16.2. The van der Waals surface area contributed by atoms with Gasteiger partial charge < -0.3 is 15.2 Å². The molecule has 0 radical (unpaired) electrons. The lowest BCUT2D eigenvalue weighted by molar-refractivity contribution is 0.0696. The lowest BCUT2D eigenvalue weighted by Gasteiger charge is -2.20. The van der Waals surface area contributed by atoms with Crippen LogP contribution in [0.2, 0.25) is 0 Å². The standard InChI is InChI=1S/C20H19NO4/c1-20(2)16-9-8-14(25-3)10-15(16)17(21-20)11-18(22)12-4-6-13(7-5-12)19(23)24/h4-11,21H,1-3H3,(H,23,24)/b17-11-. The van der Waals surface area contributed by atoms with E-state index in [-0.39, 0.29) is 16.9 Å². The van der Waals surface area contributed by atoms with Crippen LogP contribution in [0, 0.1) is 0 Å². The molecule has 1 aliphatic rings. The van der Waals surface area contributed by atoms with E-state index in [1.54, 1.807) is 13.2 Å². The van der Waals surface area contributed by atoms with Gasteiger partial charge in [0.25, 0.3) is 0 Å². The van der Waals surface area contributed by atoms with Crippen LogP contribution in [0.3, 0.4) is 0 Å². The molecule has 5 heteroatoms. The second-order valence-electron chi connectivity index (χ2n) is 6.47. The monoisotopic (exact) mass is 337 g/mol. The van der Waals surface area contributed by atoms with Crippen molar-refractivity contribution in [2.24, 2.45) is 0 Å². The zero-order valence-electron chi connectivity index (χ0n) is 14.3. The van der Waals surface area contributed by atoms with Crippen molar-refractivity contribution in [3.63, 3.8) is 0 Å². The summed E-state index contributed by atoms with van der Waals surface area (Å²) in [5, 5.41) is 12.3. The maximum Gasteiger partial charge on any atom is 0.335 e. The highest BCUT2D eigenvalue weighted by Gasteiger charge is 2.33. The van der Waals surface area contributed by atoms with Gasteiger partial charge in [-0.1, -0.05) is 18.2 Å². The van der Waals surface area contributed by atoms with E-state index in [0.717, 1.165) is 22.6 Å². The van der Waals surface area contributed by atoms with E-state index in [0.29, 0.717) is 5.56 Å². The smallest absolute Gasteiger partial charge is 0.335 e. The molecule has 2 aromatic rings. The molecule has 5 nitrogen and oxygen atoms in total. The average Bonchev–Trinajstić information content (AvgIpc) is 2.84. The fourth-order valence-corrected chi connectivity index (χ4v) is 2.99. The number of carbonyl (C=O) groups excluding carboxylic acids is 1. The predicted octanol–water partition coefficient (Wildman–Crippen LogP) is 3.46. The lowest BCUT2D eigenvalue weighted by Crippen LogP contribution is -2.28. The average molecular weight is 337 g/mol. The van der Waals surface area contributed by atoms with Gasteiger partial charge in [-0.2, -0.15) is 0 Å². The van der Waals surface area contributed by atoms with Crippen molar-refractivity contribution >= 4 is 17.4 Å². The first-order valence-corrected chi connectivity index (χ1v) is 7.88. The maximum absolute atomic E-state index is 12.6. The number of aromatic carboxylic acids is 1. The number of hydrogen-bond acceptors (Lipinski definition) is 4. The van der Waals surface area contributed by atoms with Gasteiger partial charge >= 0.3 is 5.97 Å². The molecule has 2 N–H and O–H groups in total. The molecular weight excluding hydrogens is 318 g/mol. The van der Waals surface area contributed by atoms with E-state index < -0.39 is 5.97 Å². The molecule has 0 aliphatic carbocycles. The zero-order valence-corrected chi connectivity index (χ0v) is 14.3. The van der Waals surface area contributed by atoms with E-state index in [4.69, 9.17) is 9.84 Å². The number of allylic oxidation sites excluding steroid dienone is 1. The Hall–Kier alpha value is -3.08. The summed E-state index contributed by atoms with van der Waals surface area (Å²) in [5.41, 5.74) is 3.05. The Morgan fingerprint density at radius 1 is 1.08 bits per heavy atom. The minimum atomic E-state index is -1.02. The summed E-state index contributed by atoms with van der Waals surface area (Å²) >= 11 is 0. The van der Waals surface area contributed by atoms with Gasteiger partial charge in [-0.15, -0.1) is 0 Å². The second kappa shape index (κ2) is 6.09. The van der Waals surface area contributed by atoms with E-state index in [1.807, 2.05) is 32.0 Å². The molecular formula is C20H19NO4. The Labute approximate surface area is 145 Å². The third-order valence-corrected chi connectivity index (χ3v) is 4.33. The molecule has 0 atom stereocenters. The molecule has 2 aromatic carbocycles. The summed E-state index contributed by atoms with van der Waals surface area (Å²) < 4.78 is 5.29. The molecule has 1 aliphatic heterocycles. The Morgan fingerprint density at radius 3 is 2.32 bits per heavy atom. The maximum atomic E-state index is 12.6. The SMILES string of the molecule is COc1ccc2c(c1)/C(=C/C(=O)c1ccc(C(=O)O)cc1)NC2(C)C. The summed E-state index contributed by atoms with van der Waals surface area (Å²) in [6.07, 6.45) is 1.54. The molecule has 0 saturated heterocycles. The number of methoxy groups -OCH3 is 1. The Kier molecular flexibility index (Phi) is 4.08. The first kappa shape index (κ1) is 16.8. The number of ketones is 1. The number of carbonyl (C=O) groups is 2. The van der Waals surface area contributed by atoms with Crippen LogP contribution < -0.4 is 10.1 Å². The molecule has 0 bridgehead atoms. The third-order valence-electron chi connectivity index (χ3n) is 4.33. The number of carboxylic acid groups (broad SMARTS) is 1. The summed E-state index contributed by atoms with van der Waals surface area (Å²) in [6, 6.07) is 11.7. The van der Waals surface area contributed by atoms with Crippen molar-refractivity contribution in [2.75, 3.05) is 7.11 Å². The zero-order chi connectivity index (χ0) is 18.2. The van der Waals surface area contributed by atoms with Crippen LogP contribution in [0.15, 0.2) is 48.5 Å². The quantitative estimate of drug-likeness (QED) is 0.660. The first-order chi connectivity index (χ1) is 11.8. The number of ether oxygens (including phenoxy) is 1. The highest BCUT2D eigenvalue weighted by Crippen LogP contribution is 2.38. The molecule has 0 aromatic heterocycles. The highest BCUT2D eigenvalue weighted by atomic mass is 16.5. The van der Waals surface area contributed by atoms with E-state index in [1.165, 1.54) is 24.3 Å². The van der Waals surface area contributed by atoms with Gasteiger partial charge in [-0.3, -0.25) is 4.79 Å². The topological polar surface area (TPSA) is 75.6 Å². The van der Waals surface area contributed by atoms with Crippen molar-refractivity contribution in [3.05, 3.63) is 70.8 Å². The van der Waals surface area contributed by atoms with Crippen molar-refractivity contribution in [3.8, 4) is 5.75 Å². The van der Waals surface area contributed by atoms with Crippen LogP contribution in [-0.2, 0) is 5.54 Å². The van der Waals surface area contributed by atoms with Crippen LogP contribution in [0.1, 0.15) is 45.7 Å². The Bertz CT molecular complexity index is 879. The summed E-state index contributed by atoms with van der Waals surface area (Å²) in [5.74, 6) is -0.481. The third kappa shape index (κ3) is 3.13. The van der Waals surface area contributed by atoms with E-state index in [2.05, 4.69) is 5.32 Å². The molecule has 1 heterocycles. The van der Waals surface area contributed by atoms with Crippen molar-refractivity contribution < 1.29 is 19.4 Å². The first-order valence-electron chi connectivity index (χ1n) is 7.88. The summed E-state index contributed by atoms with van der Waals surface area (Å²) in [4.78, 5) is 23.5. The van der Waals surface area contributed by atoms with Crippen molar-refractivity contribution in [1.29, 1.82) is 0 Å². The van der Waals surface area contributed by atoms with Crippen LogP contribution in [-0.4, -0.2) is 24.0 Å². The molecule has 0 fully saturated rings. The number of hydrogen-bond donors (Lipinski definition) is 2. The van der Waals surface area contributed by atoms with Crippen molar-refractivity contribution in [1.82, 2.24) is 5.32 Å². The van der Waals surface area contributed by atoms with E-state index in [9.17, 15) is 9.59 Å². The highest BCUT2D eigenvalue weighted by molar-refractivity contribution is 6.09. The molecule has 0 unspecified atom stereocenters. The fourth-order valence-electron chi connectivity index (χ4n) is 2.99. The van der Waals surface area contributed by atoms with Crippen LogP contribution >= 0.6 is 0 Å². The van der Waals surface area contributed by atoms with Crippen LogP contribution in [0.5, 0.6) is 5.75 Å². The number of nitrogens with one attached hydrogen (secondary N) is 1. The van der Waals surface area contributed by atoms with Gasteiger partial charge in [0.15, 0.2) is 5.78 Å². The number of rotatable bonds is 4. The van der Waals surface area contributed by atoms with Gasteiger partial charge in [-0.25, -0.2) is 4.79 Å². The predicted molar refractivity (Wildman–Crippen MR) is 94.9 cm³/mol. The molecule has 128 valence electrons. The van der Waals surface area contributed by atoms with Gasteiger partial charge in [0.1, 0.15) is 5.75 Å². The van der Waals surface area contributed by atoms with Gasteiger partial charge in [0.05, 0.1) is 18.2 Å². The summed E-state index contributed by atoms with van der Waals surface area (Å²) in [7, 11) is 1.60. The molecule has 25 heavy (non-hydrogen) atoms. The Balaban J connectivity index is 1.97. The van der Waals surface area contributed by atoms with Crippen LogP contribution in [0.4, 0.5) is 0 Å². The number of carboxylic acids is 1. The molecule has 0 amide bonds. The molecule has 0 saturated carbocycles. The van der Waals surface area contributed by atoms with E-state index >= 15 is 0 Å². The molecule has 3 rings (SSSR count). The molecule has 0 spiro atoms. The summed E-state index contributed by atoms with van der Waals surface area (Å²) in [6.45, 7) is 4.09. The second-order valence-corrected chi connectivity index (χ2v) is 6.47. The largest absolute Gasteiger partial charge is 0.497 e. The Morgan fingerprint density at radius 2 is 1.72 bits per heavy atom. The van der Waals surface area contributed by atoms with Crippen molar-refractivity contribution in [2.45, 2.75) is 19.4 Å². The van der Waals surface area contributed by atoms with Gasteiger partial charge in [0.2, 0.25) is 0 Å². The van der Waals surface area contributed by atoms with Gasteiger partial charge in [0, 0.05) is 22.9 Å². The minimum absolute atomic E-state index is 0.152. The van der Waals surface area contributed by atoms with Gasteiger partial charge in [-0.05, 0) is 43.7 Å². The minimum Gasteiger partial charge on any atom is -0.497 e. The fraction of sp³-hybridized carbons (Fsp3) is 0.200.